The SMILES string of the molecule is COc1ccc(-c2ccccc2)c2sc(NC(=O)c3ccc(CNCCc4ccccc4)cc3)nc12.Cl. The summed E-state index contributed by atoms with van der Waals surface area (Å²) in [6.07, 6.45) is 0.986. The van der Waals surface area contributed by atoms with Gasteiger partial charge < -0.3 is 10.1 Å². The van der Waals surface area contributed by atoms with E-state index < -0.39 is 0 Å². The number of thiazole rings is 1. The number of anilines is 1. The van der Waals surface area contributed by atoms with Gasteiger partial charge in [-0.15, -0.1) is 12.4 Å². The van der Waals surface area contributed by atoms with Crippen molar-refractivity contribution >= 4 is 45.0 Å². The second-order valence-corrected chi connectivity index (χ2v) is 9.44. The molecule has 0 spiro atoms. The van der Waals surface area contributed by atoms with E-state index in [4.69, 9.17) is 4.74 Å². The fraction of sp³-hybridized carbons (Fsp3) is 0.133. The largest absolute Gasteiger partial charge is 0.494 e. The smallest absolute Gasteiger partial charge is 0.257 e. The number of methoxy groups -OCH3 is 1. The zero-order chi connectivity index (χ0) is 24.7. The van der Waals surface area contributed by atoms with Crippen molar-refractivity contribution in [2.75, 3.05) is 19.0 Å². The second-order valence-electron chi connectivity index (χ2n) is 8.44. The Morgan fingerprint density at radius 3 is 2.27 bits per heavy atom. The van der Waals surface area contributed by atoms with Crippen LogP contribution in [-0.2, 0) is 13.0 Å². The molecule has 0 unspecified atom stereocenters. The number of fused-ring (bicyclic) bond motifs is 1. The molecule has 0 atom stereocenters. The minimum atomic E-state index is -0.183. The lowest BCUT2D eigenvalue weighted by Crippen LogP contribution is -2.17. The minimum Gasteiger partial charge on any atom is -0.494 e. The van der Waals surface area contributed by atoms with Crippen LogP contribution in [0.4, 0.5) is 5.13 Å². The molecular formula is C30H28ClN3O2S. The Hall–Kier alpha value is -3.71. The van der Waals surface area contributed by atoms with Gasteiger partial charge in [-0.3, -0.25) is 10.1 Å². The topological polar surface area (TPSA) is 63.2 Å². The van der Waals surface area contributed by atoms with E-state index in [9.17, 15) is 4.79 Å². The first-order chi connectivity index (χ1) is 17.7. The predicted octanol–water partition coefficient (Wildman–Crippen LogP) is 6.98. The highest BCUT2D eigenvalue weighted by atomic mass is 35.5. The first-order valence-corrected chi connectivity index (χ1v) is 12.7. The number of nitrogens with zero attached hydrogens (tertiary/aromatic N) is 1. The Balaban J connectivity index is 0.00000320. The van der Waals surface area contributed by atoms with Gasteiger partial charge in [0.1, 0.15) is 11.3 Å². The molecule has 0 aliphatic carbocycles. The summed E-state index contributed by atoms with van der Waals surface area (Å²) in [6, 6.07) is 32.2. The quantitative estimate of drug-likeness (QED) is 0.202. The van der Waals surface area contributed by atoms with Gasteiger partial charge in [-0.25, -0.2) is 4.98 Å². The van der Waals surface area contributed by atoms with Gasteiger partial charge >= 0.3 is 0 Å². The van der Waals surface area contributed by atoms with Crippen LogP contribution in [0.2, 0.25) is 0 Å². The van der Waals surface area contributed by atoms with Gasteiger partial charge in [-0.1, -0.05) is 84.1 Å². The van der Waals surface area contributed by atoms with E-state index in [0.29, 0.717) is 16.4 Å². The van der Waals surface area contributed by atoms with Gasteiger partial charge in [-0.05, 0) is 53.9 Å². The summed E-state index contributed by atoms with van der Waals surface area (Å²) in [6.45, 7) is 1.66. The lowest BCUT2D eigenvalue weighted by atomic mass is 10.1. The Kier molecular flexibility index (Phi) is 8.90. The molecule has 7 heteroatoms. The third-order valence-corrected chi connectivity index (χ3v) is 7.01. The van der Waals surface area contributed by atoms with E-state index in [1.54, 1.807) is 7.11 Å². The van der Waals surface area contributed by atoms with E-state index >= 15 is 0 Å². The van der Waals surface area contributed by atoms with Crippen LogP contribution in [-0.4, -0.2) is 24.5 Å². The summed E-state index contributed by atoms with van der Waals surface area (Å²) in [4.78, 5) is 17.6. The third kappa shape index (κ3) is 6.35. The number of halogens is 1. The van der Waals surface area contributed by atoms with Crippen LogP contribution >= 0.6 is 23.7 Å². The summed E-state index contributed by atoms with van der Waals surface area (Å²) >= 11 is 1.45. The van der Waals surface area contributed by atoms with Crippen molar-refractivity contribution < 1.29 is 9.53 Å². The van der Waals surface area contributed by atoms with E-state index in [1.807, 2.05) is 60.7 Å². The van der Waals surface area contributed by atoms with Gasteiger partial charge in [-0.2, -0.15) is 0 Å². The summed E-state index contributed by atoms with van der Waals surface area (Å²) < 4.78 is 6.50. The molecule has 0 aliphatic heterocycles. The highest BCUT2D eigenvalue weighted by Gasteiger charge is 2.16. The molecule has 0 fully saturated rings. The molecule has 2 N–H and O–H groups in total. The number of hydrogen-bond acceptors (Lipinski definition) is 5. The standard InChI is InChI=1S/C30H27N3O2S.ClH/c1-35-26-17-16-25(23-10-6-3-7-11-23)28-27(26)32-30(36-28)33-29(34)24-14-12-22(13-15-24)20-31-19-18-21-8-4-2-5-9-21;/h2-17,31H,18-20H2,1H3,(H,32,33,34);1H. The number of nitrogens with one attached hydrogen (secondary N) is 2. The van der Waals surface area contributed by atoms with E-state index in [0.717, 1.165) is 46.4 Å². The molecule has 5 nitrogen and oxygen atoms in total. The fourth-order valence-corrected chi connectivity index (χ4v) is 5.11. The van der Waals surface area contributed by atoms with Crippen molar-refractivity contribution in [3.63, 3.8) is 0 Å². The Labute approximate surface area is 226 Å². The monoisotopic (exact) mass is 529 g/mol. The molecule has 1 amide bonds. The van der Waals surface area contributed by atoms with Gasteiger partial charge in [0.25, 0.3) is 5.91 Å². The number of carbonyl (C=O) groups excluding carboxylic acids is 1. The van der Waals surface area contributed by atoms with Crippen molar-refractivity contribution in [3.05, 3.63) is 114 Å². The van der Waals surface area contributed by atoms with E-state index in [1.165, 1.54) is 16.9 Å². The van der Waals surface area contributed by atoms with Crippen LogP contribution < -0.4 is 15.4 Å². The minimum absolute atomic E-state index is 0. The predicted molar refractivity (Wildman–Crippen MR) is 155 cm³/mol. The molecule has 0 saturated carbocycles. The Bertz CT molecular complexity index is 1460. The Morgan fingerprint density at radius 2 is 1.57 bits per heavy atom. The highest BCUT2D eigenvalue weighted by Crippen LogP contribution is 2.39. The van der Waals surface area contributed by atoms with Gasteiger partial charge in [0.2, 0.25) is 0 Å². The van der Waals surface area contributed by atoms with Crippen LogP contribution in [0.1, 0.15) is 21.5 Å². The average molecular weight is 530 g/mol. The number of ether oxygens (including phenoxy) is 1. The summed E-state index contributed by atoms with van der Waals surface area (Å²) in [5.41, 5.74) is 5.96. The average Bonchev–Trinajstić information content (AvgIpc) is 3.35. The Morgan fingerprint density at radius 1 is 0.865 bits per heavy atom. The molecule has 188 valence electrons. The maximum atomic E-state index is 12.9. The molecule has 5 aromatic rings. The number of amides is 1. The number of aromatic nitrogens is 1. The van der Waals surface area contributed by atoms with Crippen LogP contribution in [0.15, 0.2) is 97.1 Å². The molecule has 1 heterocycles. The number of rotatable bonds is 9. The summed E-state index contributed by atoms with van der Waals surface area (Å²) in [5.74, 6) is 0.503. The molecule has 0 saturated heterocycles. The number of benzene rings is 4. The maximum absolute atomic E-state index is 12.9. The lowest BCUT2D eigenvalue weighted by molar-refractivity contribution is 0.102. The second kappa shape index (κ2) is 12.5. The first-order valence-electron chi connectivity index (χ1n) is 11.9. The van der Waals surface area contributed by atoms with E-state index in [-0.39, 0.29) is 18.3 Å². The zero-order valence-electron chi connectivity index (χ0n) is 20.4. The highest BCUT2D eigenvalue weighted by molar-refractivity contribution is 7.23. The van der Waals surface area contributed by atoms with Crippen LogP contribution in [0.3, 0.4) is 0 Å². The third-order valence-electron chi connectivity index (χ3n) is 6.01. The molecule has 5 rings (SSSR count). The fourth-order valence-electron chi connectivity index (χ4n) is 4.10. The zero-order valence-corrected chi connectivity index (χ0v) is 22.1. The van der Waals surface area contributed by atoms with Gasteiger partial charge in [0.05, 0.1) is 11.8 Å². The molecule has 4 aromatic carbocycles. The number of hydrogen-bond donors (Lipinski definition) is 2. The number of carbonyl (C=O) groups is 1. The van der Waals surface area contributed by atoms with Crippen molar-refractivity contribution in [2.24, 2.45) is 0 Å². The molecule has 0 bridgehead atoms. The van der Waals surface area contributed by atoms with Crippen LogP contribution in [0.5, 0.6) is 5.75 Å². The van der Waals surface area contributed by atoms with Gasteiger partial charge in [0.15, 0.2) is 5.13 Å². The molecule has 0 aliphatic rings. The first kappa shape index (κ1) is 26.4. The van der Waals surface area contributed by atoms with Crippen molar-refractivity contribution in [1.29, 1.82) is 0 Å². The molecule has 0 radical (unpaired) electrons. The van der Waals surface area contributed by atoms with Crippen LogP contribution in [0, 0.1) is 0 Å². The summed E-state index contributed by atoms with van der Waals surface area (Å²) in [5, 5.41) is 6.97. The maximum Gasteiger partial charge on any atom is 0.257 e. The van der Waals surface area contributed by atoms with Crippen molar-refractivity contribution in [2.45, 2.75) is 13.0 Å². The molecular weight excluding hydrogens is 502 g/mol. The van der Waals surface area contributed by atoms with E-state index in [2.05, 4.69) is 52.0 Å². The molecule has 1 aromatic heterocycles. The summed E-state index contributed by atoms with van der Waals surface area (Å²) in [7, 11) is 1.63. The van der Waals surface area contributed by atoms with Gasteiger partial charge in [0, 0.05) is 17.7 Å². The normalized spacial score (nSPS) is 10.6. The molecule has 37 heavy (non-hydrogen) atoms. The van der Waals surface area contributed by atoms with Crippen molar-refractivity contribution in [3.8, 4) is 16.9 Å². The van der Waals surface area contributed by atoms with Crippen LogP contribution in [0.25, 0.3) is 21.3 Å². The lowest BCUT2D eigenvalue weighted by Gasteiger charge is -2.07. The van der Waals surface area contributed by atoms with Crippen molar-refractivity contribution in [1.82, 2.24) is 10.3 Å².